The van der Waals surface area contributed by atoms with Gasteiger partial charge in [-0.1, -0.05) is 12.0 Å². The van der Waals surface area contributed by atoms with Crippen molar-refractivity contribution in [2.45, 2.75) is 31.0 Å². The van der Waals surface area contributed by atoms with E-state index in [4.69, 9.17) is 11.2 Å². The van der Waals surface area contributed by atoms with Gasteiger partial charge in [0.15, 0.2) is 0 Å². The second-order valence-corrected chi connectivity index (χ2v) is 9.32. The molecule has 28 heavy (non-hydrogen) atoms. The van der Waals surface area contributed by atoms with Crippen LogP contribution in [0.3, 0.4) is 0 Å². The van der Waals surface area contributed by atoms with Gasteiger partial charge in [-0.15, -0.1) is 6.42 Å². The van der Waals surface area contributed by atoms with Crippen molar-refractivity contribution in [1.29, 1.82) is 0 Å². The Morgan fingerprint density at radius 3 is 2.43 bits per heavy atom. The minimum atomic E-state index is -3.68. The second-order valence-electron chi connectivity index (χ2n) is 7.38. The quantitative estimate of drug-likeness (QED) is 0.696. The lowest BCUT2D eigenvalue weighted by Gasteiger charge is -2.35. The summed E-state index contributed by atoms with van der Waals surface area (Å²) < 4.78 is 33.2. The summed E-state index contributed by atoms with van der Waals surface area (Å²) in [5.74, 6) is 2.47. The maximum absolute atomic E-state index is 13.1. The smallest absolute Gasteiger partial charge is 0.253 e. The van der Waals surface area contributed by atoms with Crippen LogP contribution in [-0.4, -0.2) is 86.5 Å². The molecule has 8 heteroatoms. The molecular weight excluding hydrogens is 378 g/mol. The third-order valence-electron chi connectivity index (χ3n) is 5.08. The lowest BCUT2D eigenvalue weighted by Crippen LogP contribution is -2.49. The molecule has 1 aromatic carbocycles. The van der Waals surface area contributed by atoms with Gasteiger partial charge in [-0.2, -0.15) is 4.31 Å². The van der Waals surface area contributed by atoms with E-state index in [2.05, 4.69) is 10.8 Å². The molecule has 152 valence electrons. The number of hydrogen-bond acceptors (Lipinski definition) is 5. The number of amides is 1. The third-order valence-corrected chi connectivity index (χ3v) is 6.91. The van der Waals surface area contributed by atoms with Gasteiger partial charge in [0, 0.05) is 44.8 Å². The molecule has 2 fully saturated rings. The first-order chi connectivity index (χ1) is 13.3. The maximum atomic E-state index is 13.1. The zero-order chi connectivity index (χ0) is 20.3. The highest BCUT2D eigenvalue weighted by atomic mass is 32.2. The number of carbonyl (C=O) groups excluding carboxylic acids is 1. The van der Waals surface area contributed by atoms with Gasteiger partial charge >= 0.3 is 0 Å². The van der Waals surface area contributed by atoms with Crippen LogP contribution in [0, 0.1) is 12.3 Å². The molecule has 1 aromatic rings. The Morgan fingerprint density at radius 1 is 1.18 bits per heavy atom. The predicted octanol–water partition coefficient (Wildman–Crippen LogP) is 0.876. The first-order valence-corrected chi connectivity index (χ1v) is 11.0. The molecule has 2 atom stereocenters. The average Bonchev–Trinajstić information content (AvgIpc) is 2.67. The van der Waals surface area contributed by atoms with E-state index in [9.17, 15) is 13.2 Å². The number of hydrogen-bond donors (Lipinski definition) is 0. The number of sulfonamides is 1. The molecule has 2 heterocycles. The van der Waals surface area contributed by atoms with Crippen molar-refractivity contribution in [1.82, 2.24) is 14.1 Å². The minimum Gasteiger partial charge on any atom is -0.373 e. The van der Waals surface area contributed by atoms with E-state index in [1.807, 2.05) is 13.8 Å². The fourth-order valence-corrected chi connectivity index (χ4v) is 5.32. The molecule has 7 nitrogen and oxygen atoms in total. The van der Waals surface area contributed by atoms with Gasteiger partial charge in [-0.25, -0.2) is 8.42 Å². The van der Waals surface area contributed by atoms with Crippen LogP contribution in [0.25, 0.3) is 0 Å². The van der Waals surface area contributed by atoms with Crippen molar-refractivity contribution in [3.63, 3.8) is 0 Å². The number of terminal acetylenes is 1. The lowest BCUT2D eigenvalue weighted by molar-refractivity contribution is -0.0440. The topological polar surface area (TPSA) is 70.2 Å². The van der Waals surface area contributed by atoms with Crippen LogP contribution in [0.4, 0.5) is 0 Å². The van der Waals surface area contributed by atoms with Crippen molar-refractivity contribution >= 4 is 15.9 Å². The van der Waals surface area contributed by atoms with Crippen molar-refractivity contribution < 1.29 is 17.9 Å². The van der Waals surface area contributed by atoms with Gasteiger partial charge in [0.25, 0.3) is 5.91 Å². The van der Waals surface area contributed by atoms with Crippen molar-refractivity contribution in [3.8, 4) is 12.3 Å². The largest absolute Gasteiger partial charge is 0.373 e. The maximum Gasteiger partial charge on any atom is 0.253 e. The Labute approximate surface area is 167 Å². The second kappa shape index (κ2) is 8.62. The van der Waals surface area contributed by atoms with E-state index in [-0.39, 0.29) is 23.0 Å². The van der Waals surface area contributed by atoms with Crippen molar-refractivity contribution in [3.05, 3.63) is 29.8 Å². The number of rotatable bonds is 4. The van der Waals surface area contributed by atoms with E-state index >= 15 is 0 Å². The van der Waals surface area contributed by atoms with Crippen LogP contribution in [0.1, 0.15) is 24.2 Å². The zero-order valence-corrected chi connectivity index (χ0v) is 17.2. The highest BCUT2D eigenvalue weighted by Crippen LogP contribution is 2.22. The van der Waals surface area contributed by atoms with Crippen molar-refractivity contribution in [2.24, 2.45) is 0 Å². The average molecular weight is 406 g/mol. The third kappa shape index (κ3) is 4.55. The van der Waals surface area contributed by atoms with Crippen LogP contribution in [0.2, 0.25) is 0 Å². The molecule has 3 rings (SSSR count). The Hall–Kier alpha value is -1.92. The molecule has 0 N–H and O–H groups in total. The van der Waals surface area contributed by atoms with Gasteiger partial charge in [-0.3, -0.25) is 9.69 Å². The van der Waals surface area contributed by atoms with Gasteiger partial charge in [-0.05, 0) is 32.0 Å². The van der Waals surface area contributed by atoms with Crippen LogP contribution < -0.4 is 0 Å². The summed E-state index contributed by atoms with van der Waals surface area (Å²) in [5.41, 5.74) is 0.390. The van der Waals surface area contributed by atoms with Gasteiger partial charge in [0.05, 0.1) is 23.6 Å². The normalized spacial score (nSPS) is 24.7. The van der Waals surface area contributed by atoms with E-state index in [0.29, 0.717) is 38.3 Å². The molecule has 0 spiro atoms. The van der Waals surface area contributed by atoms with E-state index < -0.39 is 10.0 Å². The van der Waals surface area contributed by atoms with Crippen LogP contribution in [-0.2, 0) is 14.8 Å². The molecule has 2 saturated heterocycles. The molecule has 2 aliphatic rings. The molecule has 0 aromatic heterocycles. The lowest BCUT2D eigenvalue weighted by atomic mass is 10.2. The number of morpholine rings is 1. The van der Waals surface area contributed by atoms with Crippen LogP contribution in [0.5, 0.6) is 0 Å². The zero-order valence-electron chi connectivity index (χ0n) is 16.4. The Morgan fingerprint density at radius 2 is 1.82 bits per heavy atom. The molecule has 0 saturated carbocycles. The fourth-order valence-electron chi connectivity index (χ4n) is 3.69. The van der Waals surface area contributed by atoms with E-state index in [1.54, 1.807) is 23.1 Å². The summed E-state index contributed by atoms with van der Waals surface area (Å²) in [6.07, 6.45) is 5.01. The standard InChI is InChI=1S/C20H27N3O4S/c1-4-8-21-9-11-22(12-10-21)20(24)18-6-5-7-19(13-18)28(25,26)23-14-16(2)27-17(3)15-23/h1,5-7,13,16-17H,8-12,14-15H2,2-3H3/t16-,17-/m0/s1. The SMILES string of the molecule is C#CCN1CCN(C(=O)c2cccc(S(=O)(=O)N3C[C@H](C)O[C@@H](C)C3)c2)CC1. The Balaban J connectivity index is 1.75. The van der Waals surface area contributed by atoms with Crippen LogP contribution in [0.15, 0.2) is 29.2 Å². The minimum absolute atomic E-state index is 0.144. The predicted molar refractivity (Wildman–Crippen MR) is 106 cm³/mol. The van der Waals surface area contributed by atoms with Gasteiger partial charge in [0.1, 0.15) is 0 Å². The summed E-state index contributed by atoms with van der Waals surface area (Å²) in [5, 5.41) is 0. The number of nitrogens with zero attached hydrogens (tertiary/aromatic N) is 3. The number of carbonyl (C=O) groups is 1. The highest BCUT2D eigenvalue weighted by Gasteiger charge is 2.32. The summed E-state index contributed by atoms with van der Waals surface area (Å²) >= 11 is 0. The van der Waals surface area contributed by atoms with Crippen molar-refractivity contribution in [2.75, 3.05) is 45.8 Å². The molecule has 0 bridgehead atoms. The summed E-state index contributed by atoms with van der Waals surface area (Å²) in [6, 6.07) is 6.32. The first-order valence-electron chi connectivity index (χ1n) is 9.52. The summed E-state index contributed by atoms with van der Waals surface area (Å²) in [7, 11) is -3.68. The van der Waals surface area contributed by atoms with Crippen LogP contribution >= 0.6 is 0 Å². The first kappa shape index (κ1) is 20.8. The summed E-state index contributed by atoms with van der Waals surface area (Å²) in [6.45, 7) is 7.51. The molecule has 0 radical (unpaired) electrons. The number of piperazine rings is 1. The van der Waals surface area contributed by atoms with E-state index in [0.717, 1.165) is 13.1 Å². The fraction of sp³-hybridized carbons (Fsp3) is 0.550. The molecular formula is C20H27N3O4S. The molecule has 2 aliphatic heterocycles. The van der Waals surface area contributed by atoms with Gasteiger partial charge in [0.2, 0.25) is 10.0 Å². The summed E-state index contributed by atoms with van der Waals surface area (Å²) in [4.78, 5) is 16.9. The molecule has 1 amide bonds. The van der Waals surface area contributed by atoms with E-state index in [1.165, 1.54) is 10.4 Å². The Bertz CT molecular complexity index is 846. The van der Waals surface area contributed by atoms with Gasteiger partial charge < -0.3 is 9.64 Å². The number of ether oxygens (including phenoxy) is 1. The molecule has 0 aliphatic carbocycles. The monoisotopic (exact) mass is 405 g/mol. The molecule has 0 unspecified atom stereocenters. The number of benzene rings is 1. The Kier molecular flexibility index (Phi) is 6.40. The highest BCUT2D eigenvalue weighted by molar-refractivity contribution is 7.89.